The van der Waals surface area contributed by atoms with Gasteiger partial charge in [0.2, 0.25) is 5.75 Å². The lowest BCUT2D eigenvalue weighted by Gasteiger charge is -2.17. The second-order valence-electron chi connectivity index (χ2n) is 5.18. The Morgan fingerprint density at radius 2 is 1.42 bits per heavy atom. The molecule has 0 fully saturated rings. The second-order valence-corrected chi connectivity index (χ2v) is 5.18. The number of aliphatic hydroxyl groups is 1. The van der Waals surface area contributed by atoms with Crippen LogP contribution in [-0.2, 0) is 6.42 Å². The molecule has 0 saturated carbocycles. The number of aromatic hydroxyl groups is 1. The van der Waals surface area contributed by atoms with Crippen molar-refractivity contribution in [2.24, 2.45) is 0 Å². The molecule has 0 amide bonds. The molecule has 130 valence electrons. The van der Waals surface area contributed by atoms with Gasteiger partial charge in [0.25, 0.3) is 0 Å². The molecule has 24 heavy (non-hydrogen) atoms. The summed E-state index contributed by atoms with van der Waals surface area (Å²) in [6, 6.07) is 8.43. The van der Waals surface area contributed by atoms with Crippen LogP contribution in [0.15, 0.2) is 30.3 Å². The quantitative estimate of drug-likeness (QED) is 0.811. The Hall–Kier alpha value is -2.60. The molecule has 0 saturated heterocycles. The standard InChI is InChI=1S/C18H22O6/c1-21-15-6-5-11(8-14(15)20)7-13(19)12-9-16(22-2)18(24-4)17(10-12)23-3/h5-6,8-10,13,19-20H,7H2,1-4H3. The number of aliphatic hydroxyl groups excluding tert-OH is 1. The van der Waals surface area contributed by atoms with E-state index in [0.717, 1.165) is 5.56 Å². The van der Waals surface area contributed by atoms with Crippen LogP contribution in [0.5, 0.6) is 28.7 Å². The third-order valence-electron chi connectivity index (χ3n) is 3.74. The lowest BCUT2D eigenvalue weighted by atomic mass is 10.00. The van der Waals surface area contributed by atoms with Gasteiger partial charge in [-0.2, -0.15) is 0 Å². The molecule has 6 heteroatoms. The minimum atomic E-state index is -0.800. The van der Waals surface area contributed by atoms with E-state index in [1.54, 1.807) is 30.3 Å². The van der Waals surface area contributed by atoms with Crippen molar-refractivity contribution in [2.45, 2.75) is 12.5 Å². The zero-order valence-electron chi connectivity index (χ0n) is 14.2. The molecule has 2 N–H and O–H groups in total. The first-order valence-electron chi connectivity index (χ1n) is 7.37. The van der Waals surface area contributed by atoms with Crippen molar-refractivity contribution in [2.75, 3.05) is 28.4 Å². The van der Waals surface area contributed by atoms with Crippen LogP contribution in [0.1, 0.15) is 17.2 Å². The number of rotatable bonds is 7. The van der Waals surface area contributed by atoms with Gasteiger partial charge >= 0.3 is 0 Å². The van der Waals surface area contributed by atoms with Crippen molar-refractivity contribution in [3.8, 4) is 28.7 Å². The van der Waals surface area contributed by atoms with E-state index in [9.17, 15) is 10.2 Å². The number of methoxy groups -OCH3 is 4. The predicted octanol–water partition coefficient (Wildman–Crippen LogP) is 2.70. The molecule has 0 bridgehead atoms. The molecule has 0 aliphatic rings. The van der Waals surface area contributed by atoms with Crippen LogP contribution in [0.4, 0.5) is 0 Å². The summed E-state index contributed by atoms with van der Waals surface area (Å²) >= 11 is 0. The molecule has 1 atom stereocenters. The predicted molar refractivity (Wildman–Crippen MR) is 89.4 cm³/mol. The Bertz CT molecular complexity index is 673. The largest absolute Gasteiger partial charge is 0.504 e. The van der Waals surface area contributed by atoms with Gasteiger partial charge in [0.05, 0.1) is 34.5 Å². The first kappa shape index (κ1) is 17.7. The zero-order valence-corrected chi connectivity index (χ0v) is 14.2. The van der Waals surface area contributed by atoms with E-state index in [-0.39, 0.29) is 5.75 Å². The SMILES string of the molecule is COc1ccc(CC(O)c2cc(OC)c(OC)c(OC)c2)cc1O. The number of benzene rings is 2. The van der Waals surface area contributed by atoms with Crippen LogP contribution in [0, 0.1) is 0 Å². The molecule has 2 aromatic carbocycles. The van der Waals surface area contributed by atoms with Crippen LogP contribution in [-0.4, -0.2) is 38.7 Å². The summed E-state index contributed by atoms with van der Waals surface area (Å²) < 4.78 is 20.9. The first-order valence-corrected chi connectivity index (χ1v) is 7.37. The van der Waals surface area contributed by atoms with Crippen LogP contribution in [0.3, 0.4) is 0 Å². The minimum Gasteiger partial charge on any atom is -0.504 e. The van der Waals surface area contributed by atoms with E-state index in [4.69, 9.17) is 18.9 Å². The fourth-order valence-electron chi connectivity index (χ4n) is 2.50. The summed E-state index contributed by atoms with van der Waals surface area (Å²) in [6.07, 6.45) is -0.484. The van der Waals surface area contributed by atoms with E-state index in [0.29, 0.717) is 35.0 Å². The van der Waals surface area contributed by atoms with Crippen LogP contribution >= 0.6 is 0 Å². The average molecular weight is 334 g/mol. The smallest absolute Gasteiger partial charge is 0.203 e. The lowest BCUT2D eigenvalue weighted by Crippen LogP contribution is -2.04. The van der Waals surface area contributed by atoms with Gasteiger partial charge in [-0.1, -0.05) is 6.07 Å². The molecule has 0 aliphatic heterocycles. The van der Waals surface area contributed by atoms with Gasteiger partial charge in [0.15, 0.2) is 23.0 Å². The van der Waals surface area contributed by atoms with Crippen molar-refractivity contribution in [1.29, 1.82) is 0 Å². The Morgan fingerprint density at radius 3 is 1.88 bits per heavy atom. The maximum Gasteiger partial charge on any atom is 0.203 e. The van der Waals surface area contributed by atoms with Gasteiger partial charge in [0.1, 0.15) is 0 Å². The highest BCUT2D eigenvalue weighted by Gasteiger charge is 2.18. The monoisotopic (exact) mass is 334 g/mol. The van der Waals surface area contributed by atoms with E-state index in [2.05, 4.69) is 0 Å². The average Bonchev–Trinajstić information content (AvgIpc) is 2.60. The summed E-state index contributed by atoms with van der Waals surface area (Å²) in [5.41, 5.74) is 1.40. The highest BCUT2D eigenvalue weighted by Crippen LogP contribution is 2.40. The zero-order chi connectivity index (χ0) is 17.7. The Morgan fingerprint density at radius 1 is 0.833 bits per heavy atom. The van der Waals surface area contributed by atoms with Crippen molar-refractivity contribution in [3.05, 3.63) is 41.5 Å². The molecule has 0 aliphatic carbocycles. The van der Waals surface area contributed by atoms with Crippen molar-refractivity contribution in [3.63, 3.8) is 0 Å². The highest BCUT2D eigenvalue weighted by molar-refractivity contribution is 5.54. The van der Waals surface area contributed by atoms with E-state index in [1.807, 2.05) is 0 Å². The highest BCUT2D eigenvalue weighted by atomic mass is 16.5. The first-order chi connectivity index (χ1) is 11.5. The van der Waals surface area contributed by atoms with Gasteiger partial charge in [-0.05, 0) is 35.4 Å². The topological polar surface area (TPSA) is 77.4 Å². The van der Waals surface area contributed by atoms with Gasteiger partial charge < -0.3 is 29.2 Å². The summed E-state index contributed by atoms with van der Waals surface area (Å²) in [5, 5.41) is 20.4. The molecule has 0 heterocycles. The molecule has 2 aromatic rings. The third kappa shape index (κ3) is 3.65. The minimum absolute atomic E-state index is 0.0343. The van der Waals surface area contributed by atoms with E-state index < -0.39 is 6.10 Å². The molecule has 6 nitrogen and oxygen atoms in total. The molecule has 2 rings (SSSR count). The van der Waals surface area contributed by atoms with Crippen LogP contribution in [0.2, 0.25) is 0 Å². The van der Waals surface area contributed by atoms with Gasteiger partial charge in [0, 0.05) is 6.42 Å². The Kier molecular flexibility index (Phi) is 5.76. The van der Waals surface area contributed by atoms with E-state index >= 15 is 0 Å². The summed E-state index contributed by atoms with van der Waals surface area (Å²) in [4.78, 5) is 0. The fraction of sp³-hybridized carbons (Fsp3) is 0.333. The number of ether oxygens (including phenoxy) is 4. The molecule has 0 spiro atoms. The number of phenolic OH excluding ortho intramolecular Hbond substituents is 1. The lowest BCUT2D eigenvalue weighted by molar-refractivity contribution is 0.177. The maximum atomic E-state index is 10.5. The fourth-order valence-corrected chi connectivity index (χ4v) is 2.50. The van der Waals surface area contributed by atoms with Gasteiger partial charge in [-0.3, -0.25) is 0 Å². The maximum absolute atomic E-state index is 10.5. The second kappa shape index (κ2) is 7.79. The Balaban J connectivity index is 2.29. The summed E-state index contributed by atoms with van der Waals surface area (Å²) in [6.45, 7) is 0. The van der Waals surface area contributed by atoms with Gasteiger partial charge in [-0.15, -0.1) is 0 Å². The van der Waals surface area contributed by atoms with Gasteiger partial charge in [-0.25, -0.2) is 0 Å². The van der Waals surface area contributed by atoms with E-state index in [1.165, 1.54) is 28.4 Å². The third-order valence-corrected chi connectivity index (χ3v) is 3.74. The number of hydrogen-bond acceptors (Lipinski definition) is 6. The van der Waals surface area contributed by atoms with Crippen molar-refractivity contribution in [1.82, 2.24) is 0 Å². The number of hydrogen-bond donors (Lipinski definition) is 2. The summed E-state index contributed by atoms with van der Waals surface area (Å²) in [5.74, 6) is 1.85. The van der Waals surface area contributed by atoms with Crippen LogP contribution in [0.25, 0.3) is 0 Å². The van der Waals surface area contributed by atoms with Crippen molar-refractivity contribution >= 4 is 0 Å². The molecule has 0 aromatic heterocycles. The molecule has 1 unspecified atom stereocenters. The Labute approximate surface area is 141 Å². The van der Waals surface area contributed by atoms with Crippen molar-refractivity contribution < 1.29 is 29.2 Å². The van der Waals surface area contributed by atoms with Crippen LogP contribution < -0.4 is 18.9 Å². The normalized spacial score (nSPS) is 11.7. The molecular weight excluding hydrogens is 312 g/mol. The molecular formula is C18H22O6. The molecule has 0 radical (unpaired) electrons. The summed E-state index contributed by atoms with van der Waals surface area (Å²) in [7, 11) is 6.06. The number of phenols is 1.